The first kappa shape index (κ1) is 23.1. The Morgan fingerprint density at radius 2 is 1.91 bits per heavy atom. The van der Waals surface area contributed by atoms with Gasteiger partial charge < -0.3 is 14.5 Å². The average molecular weight is 484 g/mol. The summed E-state index contributed by atoms with van der Waals surface area (Å²) in [6.07, 6.45) is 6.84. The lowest BCUT2D eigenvalue weighted by atomic mass is 10.0. The molecule has 7 heteroatoms. The lowest BCUT2D eigenvalue weighted by molar-refractivity contribution is 0.101. The first-order chi connectivity index (χ1) is 17.2. The normalized spacial score (nSPS) is 15.7. The molecule has 2 aromatic carbocycles. The third-order valence-electron chi connectivity index (χ3n) is 6.44. The molecule has 35 heavy (non-hydrogen) atoms. The predicted molar refractivity (Wildman–Crippen MR) is 144 cm³/mol. The van der Waals surface area contributed by atoms with Crippen LogP contribution in [0.5, 0.6) is 0 Å². The lowest BCUT2D eigenvalue weighted by Gasteiger charge is -2.25. The lowest BCUT2D eigenvalue weighted by Crippen LogP contribution is -2.22. The highest BCUT2D eigenvalue weighted by molar-refractivity contribution is 7.14. The van der Waals surface area contributed by atoms with Gasteiger partial charge in [0.2, 0.25) is 0 Å². The molecule has 1 amide bonds. The molecule has 0 unspecified atom stereocenters. The van der Waals surface area contributed by atoms with Gasteiger partial charge in [0.05, 0.1) is 11.7 Å². The van der Waals surface area contributed by atoms with E-state index in [1.165, 1.54) is 28.2 Å². The van der Waals surface area contributed by atoms with E-state index in [1.807, 2.05) is 47.3 Å². The highest BCUT2D eigenvalue weighted by atomic mass is 32.1. The maximum Gasteiger partial charge on any atom is 0.274 e. The summed E-state index contributed by atoms with van der Waals surface area (Å²) in [5, 5.41) is 5.74. The van der Waals surface area contributed by atoms with Crippen molar-refractivity contribution in [3.8, 4) is 0 Å². The second-order valence-electron chi connectivity index (χ2n) is 8.65. The number of amides is 1. The van der Waals surface area contributed by atoms with E-state index < -0.39 is 0 Å². The Bertz CT molecular complexity index is 1310. The Kier molecular flexibility index (Phi) is 7.04. The average Bonchev–Trinajstić information content (AvgIpc) is 3.65. The number of aromatic nitrogens is 2. The minimum atomic E-state index is -0.144. The van der Waals surface area contributed by atoms with Crippen molar-refractivity contribution in [2.24, 2.45) is 4.99 Å². The van der Waals surface area contributed by atoms with Crippen LogP contribution in [0.25, 0.3) is 0 Å². The van der Waals surface area contributed by atoms with Crippen LogP contribution >= 0.6 is 11.3 Å². The van der Waals surface area contributed by atoms with Crippen LogP contribution in [-0.4, -0.2) is 35.3 Å². The van der Waals surface area contributed by atoms with Gasteiger partial charge in [-0.25, -0.2) is 4.98 Å². The van der Waals surface area contributed by atoms with Crippen LogP contribution in [-0.2, 0) is 13.0 Å². The molecule has 0 radical (unpaired) electrons. The molecular weight excluding hydrogens is 454 g/mol. The zero-order chi connectivity index (χ0) is 24.0. The van der Waals surface area contributed by atoms with E-state index in [1.54, 1.807) is 7.05 Å². The van der Waals surface area contributed by atoms with Gasteiger partial charge >= 0.3 is 0 Å². The van der Waals surface area contributed by atoms with E-state index in [9.17, 15) is 4.79 Å². The van der Waals surface area contributed by atoms with Gasteiger partial charge in [0.15, 0.2) is 5.13 Å². The van der Waals surface area contributed by atoms with Gasteiger partial charge in [0, 0.05) is 50.0 Å². The first-order valence-corrected chi connectivity index (χ1v) is 12.8. The fraction of sp³-hybridized carbons (Fsp3) is 0.250. The number of benzene rings is 2. The third-order valence-corrected chi connectivity index (χ3v) is 7.22. The van der Waals surface area contributed by atoms with Crippen LogP contribution in [0.2, 0.25) is 0 Å². The summed E-state index contributed by atoms with van der Waals surface area (Å²) < 4.78 is 1.99. The number of hydrogen-bond donors (Lipinski definition) is 1. The van der Waals surface area contributed by atoms with Crippen molar-refractivity contribution in [2.45, 2.75) is 31.8 Å². The molecule has 1 fully saturated rings. The molecule has 1 aliphatic rings. The number of carbonyl (C=O) groups excluding carboxylic acids is 1. The van der Waals surface area contributed by atoms with Crippen molar-refractivity contribution >= 4 is 34.3 Å². The third kappa shape index (κ3) is 5.20. The van der Waals surface area contributed by atoms with Crippen molar-refractivity contribution < 1.29 is 4.79 Å². The van der Waals surface area contributed by atoms with E-state index in [0.717, 1.165) is 31.5 Å². The molecule has 0 aliphatic carbocycles. The summed E-state index contributed by atoms with van der Waals surface area (Å²) in [7, 11) is 1.78. The molecule has 4 aromatic rings. The Morgan fingerprint density at radius 3 is 2.74 bits per heavy atom. The van der Waals surface area contributed by atoms with E-state index in [4.69, 9.17) is 4.98 Å². The first-order valence-electron chi connectivity index (χ1n) is 11.9. The maximum absolute atomic E-state index is 13.2. The molecule has 0 bridgehead atoms. The zero-order valence-electron chi connectivity index (χ0n) is 19.8. The van der Waals surface area contributed by atoms with E-state index in [0.29, 0.717) is 17.4 Å². The van der Waals surface area contributed by atoms with Crippen LogP contribution < -0.4 is 10.2 Å². The summed E-state index contributed by atoms with van der Waals surface area (Å²) >= 11 is 1.49. The minimum Gasteiger partial charge on any atom is -0.363 e. The highest BCUT2D eigenvalue weighted by Gasteiger charge is 2.28. The van der Waals surface area contributed by atoms with Crippen molar-refractivity contribution in [2.75, 3.05) is 23.8 Å². The second kappa shape index (κ2) is 10.7. The second-order valence-corrected chi connectivity index (χ2v) is 9.51. The smallest absolute Gasteiger partial charge is 0.274 e. The predicted octanol–water partition coefficient (Wildman–Crippen LogP) is 5.83. The number of carbonyl (C=O) groups is 1. The monoisotopic (exact) mass is 483 g/mol. The summed E-state index contributed by atoms with van der Waals surface area (Å²) in [5.74, 6) is -0.144. The summed E-state index contributed by atoms with van der Waals surface area (Å²) in [5.41, 5.74) is 5.25. The highest BCUT2D eigenvalue weighted by Crippen LogP contribution is 2.37. The van der Waals surface area contributed by atoms with E-state index in [2.05, 4.69) is 57.0 Å². The van der Waals surface area contributed by atoms with Crippen molar-refractivity contribution in [3.63, 3.8) is 0 Å². The number of para-hydroxylation sites is 1. The number of anilines is 2. The summed E-state index contributed by atoms with van der Waals surface area (Å²) in [6, 6.07) is 22.8. The van der Waals surface area contributed by atoms with Crippen molar-refractivity contribution in [3.05, 3.63) is 101 Å². The Balaban J connectivity index is 1.29. The largest absolute Gasteiger partial charge is 0.363 e. The molecular formula is C28H29N5OS. The molecule has 3 heterocycles. The van der Waals surface area contributed by atoms with Gasteiger partial charge in [-0.05, 0) is 48.2 Å². The standard InChI is InChI=1S/C28H29N5OS/c1-29-16-15-21-9-5-6-10-22(21)19-32-17-7-14-26(32)27(34)31-28-30-24(20-35-28)25-13-8-18-33(25)23-11-3-2-4-12-23/h2-7,9-12,14,16-17,20,25H,8,13,15,18-19H2,1H3,(H,30,31,34)/t25-/m1/s1. The van der Waals surface area contributed by atoms with E-state index in [-0.39, 0.29) is 11.9 Å². The Labute approximate surface area is 210 Å². The van der Waals surface area contributed by atoms with Gasteiger partial charge in [0.1, 0.15) is 5.69 Å². The Hall–Kier alpha value is -3.71. The van der Waals surface area contributed by atoms with Gasteiger partial charge in [-0.3, -0.25) is 10.1 Å². The molecule has 5 rings (SSSR count). The van der Waals surface area contributed by atoms with Gasteiger partial charge in [0.25, 0.3) is 5.91 Å². The summed E-state index contributed by atoms with van der Waals surface area (Å²) in [6.45, 7) is 1.65. The van der Waals surface area contributed by atoms with Crippen molar-refractivity contribution in [1.29, 1.82) is 0 Å². The maximum atomic E-state index is 13.2. The molecule has 1 saturated heterocycles. The molecule has 178 valence electrons. The van der Waals surface area contributed by atoms with Crippen LogP contribution in [0.1, 0.15) is 46.2 Å². The number of thiazole rings is 1. The molecule has 1 atom stereocenters. The number of rotatable bonds is 8. The molecule has 0 spiro atoms. The summed E-state index contributed by atoms with van der Waals surface area (Å²) in [4.78, 5) is 24.5. The minimum absolute atomic E-state index is 0.144. The molecule has 6 nitrogen and oxygen atoms in total. The molecule has 0 saturated carbocycles. The van der Waals surface area contributed by atoms with Gasteiger partial charge in [-0.1, -0.05) is 42.5 Å². The topological polar surface area (TPSA) is 62.5 Å². The number of nitrogens with zero attached hydrogens (tertiary/aromatic N) is 4. The number of hydrogen-bond acceptors (Lipinski definition) is 5. The van der Waals surface area contributed by atoms with Crippen LogP contribution in [0, 0.1) is 0 Å². The molecule has 1 aliphatic heterocycles. The van der Waals surface area contributed by atoms with Crippen LogP contribution in [0.4, 0.5) is 10.8 Å². The van der Waals surface area contributed by atoms with Gasteiger partial charge in [-0.2, -0.15) is 0 Å². The number of nitrogens with one attached hydrogen (secondary N) is 1. The van der Waals surface area contributed by atoms with Crippen LogP contribution in [0.3, 0.4) is 0 Å². The number of aliphatic imine (C=N–C) groups is 1. The zero-order valence-corrected chi connectivity index (χ0v) is 20.6. The fourth-order valence-electron chi connectivity index (χ4n) is 4.70. The molecule has 2 aromatic heterocycles. The Morgan fingerprint density at radius 1 is 1.11 bits per heavy atom. The van der Waals surface area contributed by atoms with Crippen molar-refractivity contribution in [1.82, 2.24) is 9.55 Å². The van der Waals surface area contributed by atoms with Crippen LogP contribution in [0.15, 0.2) is 83.3 Å². The van der Waals surface area contributed by atoms with Gasteiger partial charge in [-0.15, -0.1) is 11.3 Å². The SMILES string of the molecule is CN=CCc1ccccc1Cn1cccc1C(=O)Nc1nc([C@H]2CCCN2c2ccccc2)cs1. The fourth-order valence-corrected chi connectivity index (χ4v) is 5.45. The van der Waals surface area contributed by atoms with E-state index >= 15 is 0 Å². The molecule has 1 N–H and O–H groups in total. The quantitative estimate of drug-likeness (QED) is 0.321.